The molecule has 2 aromatic carbocycles. The average Bonchev–Trinajstić information content (AvgIpc) is 3.08. The third kappa shape index (κ3) is 2.33. The highest BCUT2D eigenvalue weighted by Crippen LogP contribution is 2.21. The molecule has 0 fully saturated rings. The molecule has 0 saturated carbocycles. The molecular formula is C15H12ClN3O. The lowest BCUT2D eigenvalue weighted by atomic mass is 10.2. The van der Waals surface area contributed by atoms with Gasteiger partial charge in [-0.15, -0.1) is 0 Å². The van der Waals surface area contributed by atoms with E-state index in [-0.39, 0.29) is 5.75 Å². The molecule has 0 saturated heterocycles. The summed E-state index contributed by atoms with van der Waals surface area (Å²) in [4.78, 5) is 3.06. The van der Waals surface area contributed by atoms with Crippen molar-refractivity contribution in [1.29, 1.82) is 0 Å². The first-order valence-corrected chi connectivity index (χ1v) is 6.46. The third-order valence-electron chi connectivity index (χ3n) is 3.00. The van der Waals surface area contributed by atoms with Crippen molar-refractivity contribution in [3.63, 3.8) is 0 Å². The Kier molecular flexibility index (Phi) is 3.31. The van der Waals surface area contributed by atoms with Gasteiger partial charge in [-0.3, -0.25) is 5.10 Å². The number of nitrogens with one attached hydrogen (secondary N) is 2. The highest BCUT2D eigenvalue weighted by molar-refractivity contribution is 6.35. The Balaban J connectivity index is 0.000000121. The quantitative estimate of drug-likeness (QED) is 0.455. The van der Waals surface area contributed by atoms with Gasteiger partial charge in [0.15, 0.2) is 0 Å². The molecule has 3 N–H and O–H groups in total. The summed E-state index contributed by atoms with van der Waals surface area (Å²) in [5.74, 6) is 0.270. The van der Waals surface area contributed by atoms with Gasteiger partial charge in [0.25, 0.3) is 0 Å². The molecule has 4 rings (SSSR count). The van der Waals surface area contributed by atoms with Crippen LogP contribution in [0.15, 0.2) is 54.9 Å². The fourth-order valence-corrected chi connectivity index (χ4v) is 2.24. The number of nitrogens with zero attached hydrogens (tertiary/aromatic N) is 1. The van der Waals surface area contributed by atoms with Gasteiger partial charge in [0.1, 0.15) is 5.75 Å². The summed E-state index contributed by atoms with van der Waals surface area (Å²) in [6.07, 6.45) is 3.49. The number of fused-ring (bicyclic) bond motifs is 2. The molecule has 100 valence electrons. The minimum absolute atomic E-state index is 0.270. The Morgan fingerprint density at radius 2 is 1.90 bits per heavy atom. The summed E-state index contributed by atoms with van der Waals surface area (Å²) in [5.41, 5.74) is 1.88. The molecule has 0 amide bonds. The number of benzene rings is 2. The number of aromatic nitrogens is 3. The molecule has 4 aromatic rings. The first-order valence-electron chi connectivity index (χ1n) is 6.08. The van der Waals surface area contributed by atoms with Crippen molar-refractivity contribution in [2.45, 2.75) is 0 Å². The predicted octanol–water partition coefficient (Wildman–Crippen LogP) is 4.09. The van der Waals surface area contributed by atoms with Gasteiger partial charge in [-0.25, -0.2) is 0 Å². The molecule has 2 heterocycles. The number of hydrogen-bond donors (Lipinski definition) is 3. The minimum atomic E-state index is 0.270. The van der Waals surface area contributed by atoms with Crippen LogP contribution in [-0.2, 0) is 0 Å². The lowest BCUT2D eigenvalue weighted by molar-refractivity contribution is 0.481. The van der Waals surface area contributed by atoms with Crippen LogP contribution in [0.5, 0.6) is 5.75 Å². The van der Waals surface area contributed by atoms with E-state index in [9.17, 15) is 5.11 Å². The molecule has 0 aliphatic carbocycles. The molecule has 20 heavy (non-hydrogen) atoms. The Morgan fingerprint density at radius 3 is 2.70 bits per heavy atom. The normalized spacial score (nSPS) is 10.4. The van der Waals surface area contributed by atoms with E-state index in [2.05, 4.69) is 15.2 Å². The van der Waals surface area contributed by atoms with Crippen molar-refractivity contribution in [2.75, 3.05) is 0 Å². The second kappa shape index (κ2) is 5.27. The van der Waals surface area contributed by atoms with Gasteiger partial charge in [0.2, 0.25) is 0 Å². The van der Waals surface area contributed by atoms with Crippen LogP contribution in [0.1, 0.15) is 0 Å². The van der Waals surface area contributed by atoms with Crippen LogP contribution in [0.3, 0.4) is 0 Å². The van der Waals surface area contributed by atoms with Gasteiger partial charge in [-0.1, -0.05) is 29.8 Å². The summed E-state index contributed by atoms with van der Waals surface area (Å²) in [6.45, 7) is 0. The highest BCUT2D eigenvalue weighted by Gasteiger charge is 1.97. The number of phenolic OH excluding ortho intramolecular Hbond substituents is 1. The molecule has 5 heteroatoms. The molecular weight excluding hydrogens is 274 g/mol. The Bertz CT molecular complexity index is 778. The van der Waals surface area contributed by atoms with Gasteiger partial charge in [0.05, 0.1) is 27.6 Å². The molecule has 0 unspecified atom stereocenters. The van der Waals surface area contributed by atoms with Gasteiger partial charge >= 0.3 is 0 Å². The summed E-state index contributed by atoms with van der Waals surface area (Å²) in [6, 6.07) is 13.1. The summed E-state index contributed by atoms with van der Waals surface area (Å²) in [7, 11) is 0. The molecule has 0 aliphatic rings. The predicted molar refractivity (Wildman–Crippen MR) is 81.1 cm³/mol. The second-order valence-corrected chi connectivity index (χ2v) is 4.70. The third-order valence-corrected chi connectivity index (χ3v) is 3.31. The molecule has 0 bridgehead atoms. The van der Waals surface area contributed by atoms with Crippen molar-refractivity contribution in [2.24, 2.45) is 0 Å². The SMILES string of the molecule is Clc1cccc2cc[nH]c12.Oc1cccc2[nH]ncc12. The molecule has 0 aliphatic heterocycles. The van der Waals surface area contributed by atoms with Crippen LogP contribution in [0.25, 0.3) is 21.8 Å². The zero-order valence-electron chi connectivity index (χ0n) is 10.5. The van der Waals surface area contributed by atoms with Crippen LogP contribution in [0.2, 0.25) is 5.02 Å². The van der Waals surface area contributed by atoms with Gasteiger partial charge in [0, 0.05) is 11.6 Å². The van der Waals surface area contributed by atoms with Crippen LogP contribution in [-0.4, -0.2) is 20.3 Å². The topological polar surface area (TPSA) is 64.7 Å². The lowest BCUT2D eigenvalue weighted by Crippen LogP contribution is -1.67. The average molecular weight is 286 g/mol. The van der Waals surface area contributed by atoms with E-state index in [1.165, 1.54) is 0 Å². The molecule has 0 atom stereocenters. The maximum atomic E-state index is 9.20. The first-order chi connectivity index (χ1) is 9.75. The number of aromatic hydroxyl groups is 1. The zero-order valence-corrected chi connectivity index (χ0v) is 11.2. The summed E-state index contributed by atoms with van der Waals surface area (Å²) in [5, 5.41) is 18.4. The molecule has 4 nitrogen and oxygen atoms in total. The summed E-state index contributed by atoms with van der Waals surface area (Å²) >= 11 is 5.87. The Hall–Kier alpha value is -2.46. The van der Waals surface area contributed by atoms with Crippen molar-refractivity contribution >= 4 is 33.4 Å². The number of H-pyrrole nitrogens is 2. The fraction of sp³-hybridized carbons (Fsp3) is 0. The summed E-state index contributed by atoms with van der Waals surface area (Å²) < 4.78 is 0. The van der Waals surface area contributed by atoms with Crippen LogP contribution in [0.4, 0.5) is 0 Å². The maximum Gasteiger partial charge on any atom is 0.126 e. The minimum Gasteiger partial charge on any atom is -0.507 e. The van der Waals surface area contributed by atoms with Crippen molar-refractivity contribution in [3.8, 4) is 5.75 Å². The van der Waals surface area contributed by atoms with E-state index in [0.717, 1.165) is 26.8 Å². The second-order valence-electron chi connectivity index (χ2n) is 4.29. The van der Waals surface area contributed by atoms with E-state index in [1.807, 2.05) is 36.5 Å². The largest absolute Gasteiger partial charge is 0.507 e. The zero-order chi connectivity index (χ0) is 13.9. The number of rotatable bonds is 0. The van der Waals surface area contributed by atoms with E-state index in [4.69, 9.17) is 11.6 Å². The monoisotopic (exact) mass is 285 g/mol. The standard InChI is InChI=1S/C8H6ClN.C7H6N2O/c9-7-3-1-2-6-4-5-10-8(6)7;10-7-3-1-2-6-5(7)4-8-9-6/h1-5,10H;1-4,10H,(H,8,9). The molecule has 0 radical (unpaired) electrons. The Morgan fingerprint density at radius 1 is 1.05 bits per heavy atom. The smallest absolute Gasteiger partial charge is 0.126 e. The van der Waals surface area contributed by atoms with Crippen LogP contribution < -0.4 is 0 Å². The van der Waals surface area contributed by atoms with Crippen LogP contribution >= 0.6 is 11.6 Å². The van der Waals surface area contributed by atoms with Crippen molar-refractivity contribution in [1.82, 2.24) is 15.2 Å². The number of para-hydroxylation sites is 1. The van der Waals surface area contributed by atoms with E-state index < -0.39 is 0 Å². The van der Waals surface area contributed by atoms with Gasteiger partial charge < -0.3 is 10.1 Å². The van der Waals surface area contributed by atoms with E-state index in [1.54, 1.807) is 18.3 Å². The van der Waals surface area contributed by atoms with E-state index >= 15 is 0 Å². The number of halogens is 1. The number of phenols is 1. The van der Waals surface area contributed by atoms with E-state index in [0.29, 0.717) is 0 Å². The highest BCUT2D eigenvalue weighted by atomic mass is 35.5. The Labute approximate surface area is 120 Å². The molecule has 2 aromatic heterocycles. The fourth-order valence-electron chi connectivity index (χ4n) is 2.00. The first kappa shape index (κ1) is 12.6. The van der Waals surface area contributed by atoms with Gasteiger partial charge in [-0.05, 0) is 24.3 Å². The van der Waals surface area contributed by atoms with Gasteiger partial charge in [-0.2, -0.15) is 5.10 Å². The van der Waals surface area contributed by atoms with Crippen molar-refractivity contribution in [3.05, 3.63) is 59.9 Å². The maximum absolute atomic E-state index is 9.20. The molecule has 0 spiro atoms. The number of hydrogen-bond acceptors (Lipinski definition) is 2. The van der Waals surface area contributed by atoms with Crippen molar-refractivity contribution < 1.29 is 5.11 Å². The van der Waals surface area contributed by atoms with Crippen LogP contribution in [0, 0.1) is 0 Å². The number of aromatic amines is 2. The lowest BCUT2D eigenvalue weighted by Gasteiger charge is -1.90.